The average Bonchev–Trinajstić information content (AvgIpc) is 2.99. The van der Waals surface area contributed by atoms with Gasteiger partial charge in [0.05, 0.1) is 11.6 Å². The first-order valence-electron chi connectivity index (χ1n) is 8.47. The molecule has 1 aromatic carbocycles. The third-order valence-electron chi connectivity index (χ3n) is 4.86. The van der Waals surface area contributed by atoms with E-state index in [9.17, 15) is 4.79 Å². The lowest BCUT2D eigenvalue weighted by Gasteiger charge is -2.26. The molecule has 0 bridgehead atoms. The minimum atomic E-state index is -0.0447. The fourth-order valence-corrected chi connectivity index (χ4v) is 3.71. The molecule has 0 unspecified atom stereocenters. The van der Waals surface area contributed by atoms with Gasteiger partial charge in [0.15, 0.2) is 0 Å². The molecular formula is C20H21N3O. The highest BCUT2D eigenvalue weighted by Crippen LogP contribution is 2.30. The number of rotatable bonds is 2. The molecule has 1 aliphatic carbocycles. The van der Waals surface area contributed by atoms with E-state index in [-0.39, 0.29) is 11.9 Å². The fraction of sp³-hybridized carbons (Fsp3) is 0.300. The van der Waals surface area contributed by atoms with Crippen molar-refractivity contribution in [1.82, 2.24) is 14.7 Å². The van der Waals surface area contributed by atoms with Crippen molar-refractivity contribution in [2.24, 2.45) is 0 Å². The molecule has 0 aliphatic heterocycles. The van der Waals surface area contributed by atoms with Gasteiger partial charge in [-0.3, -0.25) is 4.79 Å². The minimum Gasteiger partial charge on any atom is -0.345 e. The van der Waals surface area contributed by atoms with E-state index in [1.165, 1.54) is 11.1 Å². The number of hydrogen-bond donors (Lipinski definition) is 1. The number of amides is 1. The molecule has 0 saturated heterocycles. The third kappa shape index (κ3) is 2.48. The van der Waals surface area contributed by atoms with Gasteiger partial charge in [0.1, 0.15) is 5.65 Å². The van der Waals surface area contributed by atoms with Gasteiger partial charge in [-0.15, -0.1) is 0 Å². The number of fused-ring (bicyclic) bond motifs is 2. The van der Waals surface area contributed by atoms with E-state index in [1.807, 2.05) is 42.6 Å². The summed E-state index contributed by atoms with van der Waals surface area (Å²) in [7, 11) is 0. The maximum absolute atomic E-state index is 12.9. The second-order valence-electron chi connectivity index (χ2n) is 6.58. The Balaban J connectivity index is 1.66. The standard InChI is InChI=1S/C20H21N3O/c1-13-12-14(2)23-11-10-17(19(23)21-13)20(24)22-18-9-5-7-15-6-3-4-8-16(15)18/h3-4,6,8,10-12,18H,5,7,9H2,1-2H3,(H,22,24)/t18-/m1/s1. The summed E-state index contributed by atoms with van der Waals surface area (Å²) < 4.78 is 1.97. The lowest BCUT2D eigenvalue weighted by atomic mass is 9.87. The van der Waals surface area contributed by atoms with Gasteiger partial charge in [0.2, 0.25) is 0 Å². The molecule has 0 saturated carbocycles. The first kappa shape index (κ1) is 14.9. The molecule has 4 nitrogen and oxygen atoms in total. The SMILES string of the molecule is Cc1cc(C)n2ccc(C(=O)N[C@@H]3CCCc4ccccc43)c2n1. The topological polar surface area (TPSA) is 46.4 Å². The Morgan fingerprint density at radius 1 is 1.25 bits per heavy atom. The Kier molecular flexibility index (Phi) is 3.60. The number of benzene rings is 1. The highest BCUT2D eigenvalue weighted by Gasteiger charge is 2.23. The van der Waals surface area contributed by atoms with Crippen LogP contribution in [0.3, 0.4) is 0 Å². The summed E-state index contributed by atoms with van der Waals surface area (Å²) in [5.74, 6) is -0.0447. The van der Waals surface area contributed by atoms with Crippen molar-refractivity contribution in [2.75, 3.05) is 0 Å². The Hall–Kier alpha value is -2.62. The fourth-order valence-electron chi connectivity index (χ4n) is 3.71. The van der Waals surface area contributed by atoms with Crippen LogP contribution in [-0.4, -0.2) is 15.3 Å². The predicted molar refractivity (Wildman–Crippen MR) is 94.3 cm³/mol. The smallest absolute Gasteiger partial charge is 0.255 e. The highest BCUT2D eigenvalue weighted by atomic mass is 16.1. The van der Waals surface area contributed by atoms with Gasteiger partial charge in [0, 0.05) is 17.6 Å². The van der Waals surface area contributed by atoms with Gasteiger partial charge in [-0.05, 0) is 56.4 Å². The zero-order chi connectivity index (χ0) is 16.7. The largest absolute Gasteiger partial charge is 0.345 e. The molecule has 24 heavy (non-hydrogen) atoms. The van der Waals surface area contributed by atoms with Crippen LogP contribution in [0.2, 0.25) is 0 Å². The Bertz CT molecular complexity index is 926. The van der Waals surface area contributed by atoms with Crippen LogP contribution >= 0.6 is 0 Å². The summed E-state index contributed by atoms with van der Waals surface area (Å²) in [5.41, 5.74) is 5.98. The second kappa shape index (κ2) is 5.78. The molecule has 0 fully saturated rings. The molecule has 4 heteroatoms. The van der Waals surface area contributed by atoms with Crippen molar-refractivity contribution >= 4 is 11.6 Å². The summed E-state index contributed by atoms with van der Waals surface area (Å²) in [5, 5.41) is 3.22. The molecule has 0 spiro atoms. The van der Waals surface area contributed by atoms with Gasteiger partial charge in [-0.1, -0.05) is 24.3 Å². The highest BCUT2D eigenvalue weighted by molar-refractivity contribution is 6.00. The maximum Gasteiger partial charge on any atom is 0.255 e. The normalized spacial score (nSPS) is 16.8. The maximum atomic E-state index is 12.9. The Morgan fingerprint density at radius 2 is 2.08 bits per heavy atom. The summed E-state index contributed by atoms with van der Waals surface area (Å²) in [6.07, 6.45) is 5.10. The van der Waals surface area contributed by atoms with Gasteiger partial charge < -0.3 is 9.72 Å². The lowest BCUT2D eigenvalue weighted by Crippen LogP contribution is -2.31. The van der Waals surface area contributed by atoms with Crippen LogP contribution in [0.4, 0.5) is 0 Å². The minimum absolute atomic E-state index is 0.0447. The van der Waals surface area contributed by atoms with Gasteiger partial charge in [-0.25, -0.2) is 4.98 Å². The van der Waals surface area contributed by atoms with Crippen molar-refractivity contribution in [2.45, 2.75) is 39.2 Å². The van der Waals surface area contributed by atoms with Crippen LogP contribution in [0.5, 0.6) is 0 Å². The van der Waals surface area contributed by atoms with Crippen LogP contribution < -0.4 is 5.32 Å². The lowest BCUT2D eigenvalue weighted by molar-refractivity contribution is 0.0934. The number of aromatic nitrogens is 2. The van der Waals surface area contributed by atoms with E-state index < -0.39 is 0 Å². The van der Waals surface area contributed by atoms with E-state index in [1.54, 1.807) is 0 Å². The van der Waals surface area contributed by atoms with E-state index in [2.05, 4.69) is 28.5 Å². The number of aryl methyl sites for hydroxylation is 3. The van der Waals surface area contributed by atoms with Crippen LogP contribution in [0, 0.1) is 13.8 Å². The van der Waals surface area contributed by atoms with Crippen molar-refractivity contribution in [3.63, 3.8) is 0 Å². The van der Waals surface area contributed by atoms with Crippen LogP contribution in [0.1, 0.15) is 51.8 Å². The van der Waals surface area contributed by atoms with E-state index in [0.717, 1.165) is 36.3 Å². The van der Waals surface area contributed by atoms with Gasteiger partial charge >= 0.3 is 0 Å². The molecule has 1 N–H and O–H groups in total. The second-order valence-corrected chi connectivity index (χ2v) is 6.58. The molecule has 1 amide bonds. The van der Waals surface area contributed by atoms with Crippen molar-refractivity contribution in [3.8, 4) is 0 Å². The molecule has 122 valence electrons. The molecule has 3 aromatic rings. The number of hydrogen-bond acceptors (Lipinski definition) is 2. The van der Waals surface area contributed by atoms with Crippen LogP contribution in [0.25, 0.3) is 5.65 Å². The molecule has 1 aliphatic rings. The summed E-state index contributed by atoms with van der Waals surface area (Å²) in [4.78, 5) is 17.4. The zero-order valence-corrected chi connectivity index (χ0v) is 14.0. The molecule has 2 heterocycles. The monoisotopic (exact) mass is 319 g/mol. The van der Waals surface area contributed by atoms with E-state index in [0.29, 0.717) is 5.56 Å². The Morgan fingerprint density at radius 3 is 2.96 bits per heavy atom. The number of nitrogens with one attached hydrogen (secondary N) is 1. The first-order valence-corrected chi connectivity index (χ1v) is 8.47. The number of carbonyl (C=O) groups is 1. The summed E-state index contributed by atoms with van der Waals surface area (Å²) >= 11 is 0. The molecule has 1 atom stereocenters. The van der Waals surface area contributed by atoms with Crippen LogP contribution in [0.15, 0.2) is 42.6 Å². The molecule has 0 radical (unpaired) electrons. The van der Waals surface area contributed by atoms with Gasteiger partial charge in [0.25, 0.3) is 5.91 Å². The molecule has 4 rings (SSSR count). The summed E-state index contributed by atoms with van der Waals surface area (Å²) in [6, 6.07) is 12.4. The van der Waals surface area contributed by atoms with Crippen molar-refractivity contribution in [3.05, 3.63) is 70.7 Å². The van der Waals surface area contributed by atoms with E-state index in [4.69, 9.17) is 0 Å². The number of nitrogens with zero attached hydrogens (tertiary/aromatic N) is 2. The van der Waals surface area contributed by atoms with Gasteiger partial charge in [-0.2, -0.15) is 0 Å². The predicted octanol–water partition coefficient (Wildman–Crippen LogP) is 3.76. The number of carbonyl (C=O) groups excluding carboxylic acids is 1. The van der Waals surface area contributed by atoms with Crippen molar-refractivity contribution < 1.29 is 4.79 Å². The van der Waals surface area contributed by atoms with Crippen molar-refractivity contribution in [1.29, 1.82) is 0 Å². The Labute approximate surface area is 141 Å². The molecular weight excluding hydrogens is 298 g/mol. The quantitative estimate of drug-likeness (QED) is 0.782. The van der Waals surface area contributed by atoms with E-state index >= 15 is 0 Å². The first-order chi connectivity index (χ1) is 11.6. The zero-order valence-electron chi connectivity index (χ0n) is 14.0. The third-order valence-corrected chi connectivity index (χ3v) is 4.86. The molecule has 2 aromatic heterocycles. The summed E-state index contributed by atoms with van der Waals surface area (Å²) in [6.45, 7) is 3.99. The average molecular weight is 319 g/mol. The van der Waals surface area contributed by atoms with Crippen LogP contribution in [-0.2, 0) is 6.42 Å².